The Morgan fingerprint density at radius 2 is 1.71 bits per heavy atom. The van der Waals surface area contributed by atoms with Crippen LogP contribution in [0.15, 0.2) is 39.4 Å². The molecular weight excluding hydrogens is 458 g/mol. The summed E-state index contributed by atoms with van der Waals surface area (Å²) in [7, 11) is -7.60. The van der Waals surface area contributed by atoms with Crippen molar-refractivity contribution in [2.75, 3.05) is 17.8 Å². The third-order valence-corrected chi connectivity index (χ3v) is 10.0. The minimum atomic E-state index is -3.89. The summed E-state index contributed by atoms with van der Waals surface area (Å²) in [5, 5.41) is 2.63. The molecule has 1 saturated heterocycles. The Balaban J connectivity index is 1.83. The van der Waals surface area contributed by atoms with E-state index in [2.05, 4.69) is 10.0 Å². The highest BCUT2D eigenvalue weighted by atomic mass is 32.2. The first-order valence-electron chi connectivity index (χ1n) is 10.1. The number of benzene rings is 1. The Hall–Kier alpha value is -1.95. The summed E-state index contributed by atoms with van der Waals surface area (Å²) in [4.78, 5) is 11.9. The lowest BCUT2D eigenvalue weighted by Crippen LogP contribution is -2.32. The lowest BCUT2D eigenvalue weighted by atomic mass is 10.2. The van der Waals surface area contributed by atoms with Gasteiger partial charge in [0.05, 0.1) is 17.1 Å². The van der Waals surface area contributed by atoms with Gasteiger partial charge in [0.2, 0.25) is 15.9 Å². The number of thiophene rings is 1. The molecule has 3 rings (SSSR count). The molecule has 0 radical (unpaired) electrons. The van der Waals surface area contributed by atoms with Gasteiger partial charge in [0.1, 0.15) is 4.21 Å². The first kappa shape index (κ1) is 23.7. The maximum Gasteiger partial charge on any atom is 0.271 e. The number of aryl methyl sites for hydroxylation is 1. The monoisotopic (exact) mass is 485 g/mol. The molecule has 0 unspecified atom stereocenters. The first-order valence-corrected chi connectivity index (χ1v) is 13.8. The summed E-state index contributed by atoms with van der Waals surface area (Å²) in [6, 6.07) is 7.66. The van der Waals surface area contributed by atoms with Crippen molar-refractivity contribution < 1.29 is 21.6 Å². The van der Waals surface area contributed by atoms with Crippen LogP contribution in [0.5, 0.6) is 0 Å². The average molecular weight is 486 g/mol. The van der Waals surface area contributed by atoms with Gasteiger partial charge in [-0.2, -0.15) is 4.31 Å². The third-order valence-electron chi connectivity index (χ3n) is 5.04. The predicted molar refractivity (Wildman–Crippen MR) is 121 cm³/mol. The average Bonchev–Trinajstić information content (AvgIpc) is 3.02. The predicted octanol–water partition coefficient (Wildman–Crippen LogP) is 3.06. The number of amides is 1. The zero-order valence-corrected chi connectivity index (χ0v) is 20.0. The number of nitrogens with one attached hydrogen (secondary N) is 2. The molecule has 2 N–H and O–H groups in total. The maximum absolute atomic E-state index is 13.2. The van der Waals surface area contributed by atoms with E-state index in [-0.39, 0.29) is 27.2 Å². The molecule has 11 heteroatoms. The summed E-state index contributed by atoms with van der Waals surface area (Å²) in [6.07, 6.45) is 3.67. The van der Waals surface area contributed by atoms with Crippen LogP contribution in [0.4, 0.5) is 5.69 Å². The van der Waals surface area contributed by atoms with Gasteiger partial charge in [-0.3, -0.25) is 9.52 Å². The number of nitrogens with zero attached hydrogens (tertiary/aromatic N) is 1. The van der Waals surface area contributed by atoms with Crippen molar-refractivity contribution in [2.45, 2.75) is 55.2 Å². The lowest BCUT2D eigenvalue weighted by molar-refractivity contribution is -0.119. The summed E-state index contributed by atoms with van der Waals surface area (Å²) < 4.78 is 56.0. The number of hydrogen-bond acceptors (Lipinski definition) is 6. The van der Waals surface area contributed by atoms with Crippen LogP contribution in [0.2, 0.25) is 0 Å². The minimum absolute atomic E-state index is 0.0883. The first-order chi connectivity index (χ1) is 14.6. The molecule has 0 aliphatic carbocycles. The number of carbonyl (C=O) groups is 1. The fraction of sp³-hybridized carbons (Fsp3) is 0.450. The van der Waals surface area contributed by atoms with Crippen LogP contribution >= 0.6 is 11.3 Å². The van der Waals surface area contributed by atoms with Gasteiger partial charge in [0, 0.05) is 24.9 Å². The molecule has 1 aromatic heterocycles. The quantitative estimate of drug-likeness (QED) is 0.626. The number of rotatable bonds is 7. The van der Waals surface area contributed by atoms with Crippen molar-refractivity contribution in [3.8, 4) is 0 Å². The van der Waals surface area contributed by atoms with Gasteiger partial charge in [-0.05, 0) is 49.6 Å². The second-order valence-corrected chi connectivity index (χ2v) is 12.5. The molecule has 0 atom stereocenters. The fourth-order valence-electron chi connectivity index (χ4n) is 3.38. The Morgan fingerprint density at radius 3 is 2.35 bits per heavy atom. The van der Waals surface area contributed by atoms with E-state index < -0.39 is 20.0 Å². The highest BCUT2D eigenvalue weighted by Gasteiger charge is 2.27. The van der Waals surface area contributed by atoms with Gasteiger partial charge in [0.15, 0.2) is 0 Å². The number of hydrogen-bond donors (Lipinski definition) is 2. The van der Waals surface area contributed by atoms with Gasteiger partial charge < -0.3 is 5.32 Å². The van der Waals surface area contributed by atoms with E-state index in [1.807, 2.05) is 0 Å². The molecular formula is C20H27N3O5S3. The Labute approximate surface area is 187 Å². The molecule has 1 aromatic carbocycles. The highest BCUT2D eigenvalue weighted by molar-refractivity contribution is 7.94. The zero-order chi connectivity index (χ0) is 22.6. The number of anilines is 1. The second-order valence-electron chi connectivity index (χ2n) is 7.53. The maximum atomic E-state index is 13.2. The number of carbonyl (C=O) groups excluding carboxylic acids is 1. The van der Waals surface area contributed by atoms with Crippen LogP contribution in [0.25, 0.3) is 0 Å². The van der Waals surface area contributed by atoms with Crippen molar-refractivity contribution in [2.24, 2.45) is 0 Å². The molecule has 0 bridgehead atoms. The molecule has 0 saturated carbocycles. The van der Waals surface area contributed by atoms with E-state index >= 15 is 0 Å². The molecule has 170 valence electrons. The fourth-order valence-corrected chi connectivity index (χ4v) is 7.49. The van der Waals surface area contributed by atoms with Gasteiger partial charge in [-0.15, -0.1) is 11.3 Å². The van der Waals surface area contributed by atoms with Gasteiger partial charge in [0.25, 0.3) is 10.0 Å². The molecule has 31 heavy (non-hydrogen) atoms. The topological polar surface area (TPSA) is 113 Å². The molecule has 2 aromatic rings. The molecule has 1 aliphatic heterocycles. The normalized spacial score (nSPS) is 15.9. The van der Waals surface area contributed by atoms with Crippen molar-refractivity contribution in [1.29, 1.82) is 0 Å². The Morgan fingerprint density at radius 1 is 1.03 bits per heavy atom. The largest absolute Gasteiger partial charge is 0.351 e. The van der Waals surface area contributed by atoms with Crippen LogP contribution in [0, 0.1) is 6.92 Å². The molecule has 8 nitrogen and oxygen atoms in total. The van der Waals surface area contributed by atoms with Gasteiger partial charge in [-0.25, -0.2) is 16.8 Å². The molecule has 1 aliphatic rings. The molecule has 0 spiro atoms. The highest BCUT2D eigenvalue weighted by Crippen LogP contribution is 2.28. The van der Waals surface area contributed by atoms with Crippen LogP contribution in [0.3, 0.4) is 0 Å². The minimum Gasteiger partial charge on any atom is -0.351 e. The molecule has 1 fully saturated rings. The van der Waals surface area contributed by atoms with Crippen LogP contribution in [0.1, 0.15) is 43.0 Å². The third kappa shape index (κ3) is 5.85. The standard InChI is InChI=1S/C20H27N3O5S3/c1-15-7-8-17(13-19(15)31(27,28)23-11-5-3-4-6-12-23)22-30(25,26)20-10-9-18(29-20)14-21-16(2)24/h7-10,13,22H,3-6,11-12,14H2,1-2H3,(H,21,24). The van der Waals surface area contributed by atoms with Crippen molar-refractivity contribution in [3.05, 3.63) is 40.8 Å². The Kier molecular flexibility index (Phi) is 7.40. The van der Waals surface area contributed by atoms with Gasteiger partial charge in [-0.1, -0.05) is 18.9 Å². The summed E-state index contributed by atoms with van der Waals surface area (Å²) in [5.74, 6) is -0.200. The molecule has 2 heterocycles. The van der Waals surface area contributed by atoms with E-state index in [9.17, 15) is 21.6 Å². The summed E-state index contributed by atoms with van der Waals surface area (Å²) in [5.41, 5.74) is 0.761. The van der Waals surface area contributed by atoms with E-state index in [4.69, 9.17) is 0 Å². The number of sulfonamides is 2. The summed E-state index contributed by atoms with van der Waals surface area (Å²) >= 11 is 1.05. The van der Waals surface area contributed by atoms with Gasteiger partial charge >= 0.3 is 0 Å². The van der Waals surface area contributed by atoms with Crippen molar-refractivity contribution in [1.82, 2.24) is 9.62 Å². The van der Waals surface area contributed by atoms with E-state index in [0.29, 0.717) is 23.5 Å². The Bertz CT molecular complexity index is 1150. The van der Waals surface area contributed by atoms with E-state index in [1.165, 1.54) is 23.4 Å². The van der Waals surface area contributed by atoms with Crippen LogP contribution in [-0.2, 0) is 31.4 Å². The summed E-state index contributed by atoms with van der Waals surface area (Å²) in [6.45, 7) is 4.30. The SMILES string of the molecule is CC(=O)NCc1ccc(S(=O)(=O)Nc2ccc(C)c(S(=O)(=O)N3CCCCCC3)c2)s1. The second kappa shape index (κ2) is 9.68. The van der Waals surface area contributed by atoms with E-state index in [0.717, 1.165) is 37.0 Å². The van der Waals surface area contributed by atoms with Crippen LogP contribution in [-0.4, -0.2) is 40.1 Å². The van der Waals surface area contributed by atoms with Crippen molar-refractivity contribution >= 4 is 43.0 Å². The zero-order valence-electron chi connectivity index (χ0n) is 17.5. The lowest BCUT2D eigenvalue weighted by Gasteiger charge is -2.21. The van der Waals surface area contributed by atoms with Crippen LogP contribution < -0.4 is 10.0 Å². The smallest absolute Gasteiger partial charge is 0.271 e. The van der Waals surface area contributed by atoms with Crippen molar-refractivity contribution in [3.63, 3.8) is 0 Å². The molecule has 1 amide bonds. The van der Waals surface area contributed by atoms with E-state index in [1.54, 1.807) is 25.1 Å².